The summed E-state index contributed by atoms with van der Waals surface area (Å²) in [4.78, 5) is 24.4. The van der Waals surface area contributed by atoms with Gasteiger partial charge in [-0.15, -0.1) is 0 Å². The highest BCUT2D eigenvalue weighted by atomic mass is 28.4. The highest BCUT2D eigenvalue weighted by Crippen LogP contribution is 2.47. The Kier molecular flexibility index (Phi) is 10.1. The van der Waals surface area contributed by atoms with Crippen LogP contribution >= 0.6 is 0 Å². The van der Waals surface area contributed by atoms with Crippen molar-refractivity contribution < 1.29 is 19.0 Å². The molecule has 256 valence electrons. The Bertz CT molecular complexity index is 1690. The van der Waals surface area contributed by atoms with Crippen LogP contribution in [0, 0.1) is 11.3 Å². The third kappa shape index (κ3) is 7.29. The average molecular weight is 673 g/mol. The van der Waals surface area contributed by atoms with Crippen LogP contribution in [-0.2, 0) is 14.6 Å². The van der Waals surface area contributed by atoms with E-state index in [4.69, 9.17) is 14.1 Å². The lowest BCUT2D eigenvalue weighted by atomic mass is 9.83. The van der Waals surface area contributed by atoms with E-state index in [0.717, 1.165) is 29.7 Å². The van der Waals surface area contributed by atoms with Gasteiger partial charge in [0.2, 0.25) is 5.95 Å². The number of hydrogen-bond acceptors (Lipinski definition) is 10. The number of carbonyl (C=O) groups is 1. The average Bonchev–Trinajstić information content (AvgIpc) is 3.59. The van der Waals surface area contributed by atoms with E-state index in [1.807, 2.05) is 24.7 Å². The molecule has 14 heteroatoms. The van der Waals surface area contributed by atoms with Gasteiger partial charge in [-0.2, -0.15) is 10.4 Å². The summed E-state index contributed by atoms with van der Waals surface area (Å²) in [5, 5.41) is 32.1. The van der Waals surface area contributed by atoms with E-state index in [2.05, 4.69) is 73.6 Å². The summed E-state index contributed by atoms with van der Waals surface area (Å²) < 4.78 is 13.9. The number of amides is 1. The Hall–Kier alpha value is -3.77. The van der Waals surface area contributed by atoms with Crippen LogP contribution in [-0.4, -0.2) is 78.5 Å². The Morgan fingerprint density at radius 2 is 1.98 bits per heavy atom. The van der Waals surface area contributed by atoms with Crippen molar-refractivity contribution in [2.45, 2.75) is 96.8 Å². The number of nitrogens with zero attached hydrogens (tertiary/aromatic N) is 6. The van der Waals surface area contributed by atoms with Crippen LogP contribution in [0.25, 0.3) is 11.3 Å². The second kappa shape index (κ2) is 13.6. The monoisotopic (exact) mass is 672 g/mol. The fraction of sp³-hybridized carbons (Fsp3) is 0.559. The van der Waals surface area contributed by atoms with E-state index in [-0.39, 0.29) is 23.0 Å². The molecule has 3 aromatic rings. The minimum atomic E-state index is -2.07. The molecule has 48 heavy (non-hydrogen) atoms. The van der Waals surface area contributed by atoms with Gasteiger partial charge in [-0.1, -0.05) is 27.7 Å². The highest BCUT2D eigenvalue weighted by Gasteiger charge is 2.46. The molecule has 4 heterocycles. The third-order valence-corrected chi connectivity index (χ3v) is 14.4. The number of hydrogen-bond donors (Lipinski definition) is 3. The van der Waals surface area contributed by atoms with Gasteiger partial charge in [-0.25, -0.2) is 9.97 Å². The van der Waals surface area contributed by atoms with Crippen molar-refractivity contribution in [3.63, 3.8) is 0 Å². The molecular formula is C34H49BN8O4Si. The van der Waals surface area contributed by atoms with Crippen molar-refractivity contribution in [2.24, 2.45) is 0 Å². The molecule has 2 aromatic heterocycles. The minimum Gasteiger partial charge on any atom is -0.432 e. The molecule has 0 radical (unpaired) electrons. The largest absolute Gasteiger partial charge is 0.432 e. The molecule has 1 atom stereocenters. The predicted octanol–water partition coefficient (Wildman–Crippen LogP) is 5.65. The fourth-order valence-electron chi connectivity index (χ4n) is 5.99. The second-order valence-electron chi connectivity index (χ2n) is 15.1. The SMILES string of the molecule is CB(O)N1CC(C)(CO[Si](C)(C)C(C)(C)C)c2cc(-c3ccnc(Nc4cc(C(=O)NC5CCOCC5)n(C(C)C)n4)n3)cc(C#N)c21. The summed E-state index contributed by atoms with van der Waals surface area (Å²) in [6.45, 7) is 21.2. The van der Waals surface area contributed by atoms with Gasteiger partial charge in [0.15, 0.2) is 14.1 Å². The van der Waals surface area contributed by atoms with E-state index < -0.39 is 20.8 Å². The van der Waals surface area contributed by atoms with Crippen molar-refractivity contribution in [3.05, 3.63) is 47.3 Å². The van der Waals surface area contributed by atoms with Crippen LogP contribution in [0.2, 0.25) is 25.0 Å². The number of ether oxygens (including phenoxy) is 1. The zero-order valence-electron chi connectivity index (χ0n) is 29.7. The number of fused-ring (bicyclic) bond motifs is 1. The molecule has 1 amide bonds. The number of benzene rings is 1. The van der Waals surface area contributed by atoms with Crippen molar-refractivity contribution in [1.82, 2.24) is 25.1 Å². The second-order valence-corrected chi connectivity index (χ2v) is 19.9. The maximum absolute atomic E-state index is 13.2. The molecule has 2 aliphatic rings. The van der Waals surface area contributed by atoms with Crippen LogP contribution in [0.3, 0.4) is 0 Å². The summed E-state index contributed by atoms with van der Waals surface area (Å²) >= 11 is 0. The standard InChI is InChI=1S/C34H49BN8O4Si/c1-22(2)43-28(31(44)38-25-11-14-46-15-12-25)18-29(41-43)40-32-37-13-10-27(39-32)23-16-24(19-36)30-26(17-23)34(6,20-42(30)35(7)45)21-47-48(8,9)33(3,4)5/h10,13,16-18,22,25,45H,11-12,14-15,20-21H2,1-9H3,(H,38,44)(H,37,39,40,41). The van der Waals surface area contributed by atoms with Gasteiger partial charge in [0.25, 0.3) is 5.91 Å². The van der Waals surface area contributed by atoms with E-state index >= 15 is 0 Å². The maximum Gasteiger partial charge on any atom is 0.409 e. The Labute approximate surface area is 285 Å². The first-order valence-electron chi connectivity index (χ1n) is 16.8. The molecule has 0 spiro atoms. The molecular weight excluding hydrogens is 623 g/mol. The summed E-state index contributed by atoms with van der Waals surface area (Å²) in [6.07, 6.45) is 3.22. The molecule has 0 aliphatic carbocycles. The predicted molar refractivity (Wildman–Crippen MR) is 191 cm³/mol. The van der Waals surface area contributed by atoms with E-state index in [0.29, 0.717) is 55.1 Å². The van der Waals surface area contributed by atoms with Crippen LogP contribution in [0.15, 0.2) is 30.5 Å². The van der Waals surface area contributed by atoms with Crippen molar-refractivity contribution in [2.75, 3.05) is 36.5 Å². The minimum absolute atomic E-state index is 0.0408. The Morgan fingerprint density at radius 1 is 1.27 bits per heavy atom. The zero-order chi connectivity index (χ0) is 35.0. The van der Waals surface area contributed by atoms with Gasteiger partial charge in [0, 0.05) is 67.4 Å². The summed E-state index contributed by atoms with van der Waals surface area (Å²) in [5.74, 6) is 0.582. The summed E-state index contributed by atoms with van der Waals surface area (Å²) in [5.41, 5.74) is 3.50. The topological polar surface area (TPSA) is 150 Å². The van der Waals surface area contributed by atoms with Crippen molar-refractivity contribution in [1.29, 1.82) is 5.26 Å². The van der Waals surface area contributed by atoms with E-state index in [1.54, 1.807) is 29.8 Å². The molecule has 1 unspecified atom stereocenters. The Balaban J connectivity index is 1.45. The quantitative estimate of drug-likeness (QED) is 0.231. The smallest absolute Gasteiger partial charge is 0.409 e. The number of aromatic nitrogens is 4. The molecule has 1 aromatic carbocycles. The van der Waals surface area contributed by atoms with Crippen LogP contribution in [0.1, 0.15) is 82.0 Å². The first-order valence-corrected chi connectivity index (χ1v) is 19.7. The number of anilines is 3. The van der Waals surface area contributed by atoms with E-state index in [9.17, 15) is 15.1 Å². The van der Waals surface area contributed by atoms with Gasteiger partial charge in [-0.05, 0) is 75.4 Å². The van der Waals surface area contributed by atoms with Crippen molar-refractivity contribution >= 4 is 38.7 Å². The molecule has 0 saturated carbocycles. The lowest BCUT2D eigenvalue weighted by Crippen LogP contribution is -2.47. The van der Waals surface area contributed by atoms with Gasteiger partial charge in [-0.3, -0.25) is 9.48 Å². The number of rotatable bonds is 10. The van der Waals surface area contributed by atoms with Gasteiger partial charge in [0.05, 0.1) is 11.3 Å². The molecule has 3 N–H and O–H groups in total. The Morgan fingerprint density at radius 3 is 2.60 bits per heavy atom. The van der Waals surface area contributed by atoms with E-state index in [1.165, 1.54) is 0 Å². The van der Waals surface area contributed by atoms with Crippen LogP contribution < -0.4 is 15.4 Å². The molecule has 1 saturated heterocycles. The zero-order valence-corrected chi connectivity index (χ0v) is 30.7. The van der Waals surface area contributed by atoms with Crippen LogP contribution in [0.5, 0.6) is 0 Å². The van der Waals surface area contributed by atoms with Gasteiger partial charge >= 0.3 is 7.05 Å². The lowest BCUT2D eigenvalue weighted by molar-refractivity contribution is 0.0690. The number of carbonyl (C=O) groups excluding carboxylic acids is 1. The van der Waals surface area contributed by atoms with Crippen molar-refractivity contribution in [3.8, 4) is 17.3 Å². The number of nitriles is 1. The molecule has 1 fully saturated rings. The molecule has 2 aliphatic heterocycles. The molecule has 12 nitrogen and oxygen atoms in total. The third-order valence-electron chi connectivity index (χ3n) is 9.90. The maximum atomic E-state index is 13.2. The first-order chi connectivity index (χ1) is 22.5. The lowest BCUT2D eigenvalue weighted by Gasteiger charge is -2.39. The summed E-state index contributed by atoms with van der Waals surface area (Å²) in [7, 11) is -2.85. The molecule has 0 bridgehead atoms. The molecule has 5 rings (SSSR count). The summed E-state index contributed by atoms with van der Waals surface area (Å²) in [6, 6.07) is 9.78. The number of nitrogens with one attached hydrogen (secondary N) is 2. The normalized spacial score (nSPS) is 18.5. The van der Waals surface area contributed by atoms with Gasteiger partial charge < -0.3 is 29.6 Å². The van der Waals surface area contributed by atoms with Crippen LogP contribution in [0.4, 0.5) is 17.5 Å². The fourth-order valence-corrected chi connectivity index (χ4v) is 7.10. The first kappa shape index (κ1) is 35.5. The highest BCUT2D eigenvalue weighted by molar-refractivity contribution is 6.74. The van der Waals surface area contributed by atoms with Gasteiger partial charge in [0.1, 0.15) is 11.8 Å².